The summed E-state index contributed by atoms with van der Waals surface area (Å²) in [5.41, 5.74) is 1.82. The maximum Gasteiger partial charge on any atom is 0.123 e. The molecule has 0 aliphatic rings. The van der Waals surface area contributed by atoms with E-state index in [1.807, 2.05) is 20.8 Å². The average Bonchev–Trinajstić information content (AvgIpc) is 2.22. The first kappa shape index (κ1) is 14.1. The summed E-state index contributed by atoms with van der Waals surface area (Å²) < 4.78 is 18.2. The molecule has 2 unspecified atom stereocenters. The van der Waals surface area contributed by atoms with Crippen molar-refractivity contribution in [3.05, 3.63) is 35.1 Å². The summed E-state index contributed by atoms with van der Waals surface area (Å²) in [6.07, 6.45) is -0.272. The molecule has 0 fully saturated rings. The van der Waals surface area contributed by atoms with Crippen LogP contribution in [0, 0.1) is 18.7 Å². The standard InChI is InChI=1S/C14H21FO2/c1-9(2)14(17-4)13(16)8-11-5-6-12(15)7-10(11)3/h5-7,9,13-14,16H,8H2,1-4H3. The van der Waals surface area contributed by atoms with E-state index in [1.54, 1.807) is 13.2 Å². The summed E-state index contributed by atoms with van der Waals surface area (Å²) in [4.78, 5) is 0. The number of rotatable bonds is 5. The number of benzene rings is 1. The highest BCUT2D eigenvalue weighted by atomic mass is 19.1. The van der Waals surface area contributed by atoms with Crippen molar-refractivity contribution in [2.45, 2.75) is 39.4 Å². The molecule has 1 rings (SSSR count). The van der Waals surface area contributed by atoms with E-state index < -0.39 is 6.10 Å². The van der Waals surface area contributed by atoms with Crippen LogP contribution in [0.1, 0.15) is 25.0 Å². The van der Waals surface area contributed by atoms with Crippen LogP contribution in [0.25, 0.3) is 0 Å². The van der Waals surface area contributed by atoms with Crippen LogP contribution in [0.4, 0.5) is 4.39 Å². The quantitative estimate of drug-likeness (QED) is 0.857. The molecule has 1 N–H and O–H groups in total. The monoisotopic (exact) mass is 240 g/mol. The molecule has 0 amide bonds. The predicted octanol–water partition coefficient (Wildman–Crippen LogP) is 2.71. The Bertz CT molecular complexity index is 363. The highest BCUT2D eigenvalue weighted by Crippen LogP contribution is 2.17. The number of aryl methyl sites for hydroxylation is 1. The number of halogens is 1. The summed E-state index contributed by atoms with van der Waals surface area (Å²) in [5.74, 6) is 0.00338. The van der Waals surface area contributed by atoms with Crippen LogP contribution in [0.15, 0.2) is 18.2 Å². The molecule has 0 saturated carbocycles. The molecule has 3 heteroatoms. The summed E-state index contributed by atoms with van der Waals surface area (Å²) >= 11 is 0. The zero-order valence-corrected chi connectivity index (χ0v) is 10.9. The molecule has 0 bridgehead atoms. The van der Waals surface area contributed by atoms with Gasteiger partial charge in [0.05, 0.1) is 12.2 Å². The van der Waals surface area contributed by atoms with Gasteiger partial charge in [-0.2, -0.15) is 0 Å². The third-order valence-electron chi connectivity index (χ3n) is 3.04. The Labute approximate surface area is 102 Å². The van der Waals surface area contributed by atoms with Gasteiger partial charge in [-0.05, 0) is 36.1 Å². The van der Waals surface area contributed by atoms with Crippen LogP contribution in [-0.2, 0) is 11.2 Å². The lowest BCUT2D eigenvalue weighted by Crippen LogP contribution is -2.34. The first-order valence-electron chi connectivity index (χ1n) is 5.91. The van der Waals surface area contributed by atoms with Gasteiger partial charge in [-0.1, -0.05) is 19.9 Å². The zero-order chi connectivity index (χ0) is 13.0. The van der Waals surface area contributed by atoms with E-state index in [0.717, 1.165) is 11.1 Å². The van der Waals surface area contributed by atoms with Gasteiger partial charge in [0, 0.05) is 13.5 Å². The first-order chi connectivity index (χ1) is 7.95. The minimum atomic E-state index is -0.566. The largest absolute Gasteiger partial charge is 0.390 e. The van der Waals surface area contributed by atoms with Crippen molar-refractivity contribution >= 4 is 0 Å². The van der Waals surface area contributed by atoms with E-state index in [-0.39, 0.29) is 17.8 Å². The Morgan fingerprint density at radius 3 is 2.47 bits per heavy atom. The van der Waals surface area contributed by atoms with Gasteiger partial charge in [-0.25, -0.2) is 4.39 Å². The maximum absolute atomic E-state index is 13.0. The van der Waals surface area contributed by atoms with Crippen molar-refractivity contribution in [3.8, 4) is 0 Å². The van der Waals surface area contributed by atoms with Gasteiger partial charge in [0.1, 0.15) is 5.82 Å². The molecule has 1 aromatic carbocycles. The van der Waals surface area contributed by atoms with Crippen LogP contribution in [-0.4, -0.2) is 24.4 Å². The smallest absolute Gasteiger partial charge is 0.123 e. The molecule has 0 radical (unpaired) electrons. The summed E-state index contributed by atoms with van der Waals surface area (Å²) in [6, 6.07) is 4.63. The van der Waals surface area contributed by atoms with Crippen molar-refractivity contribution in [3.63, 3.8) is 0 Å². The van der Waals surface area contributed by atoms with E-state index in [2.05, 4.69) is 0 Å². The Balaban J connectivity index is 2.76. The van der Waals surface area contributed by atoms with E-state index in [9.17, 15) is 9.50 Å². The number of hydrogen-bond acceptors (Lipinski definition) is 2. The third kappa shape index (κ3) is 3.79. The molecule has 2 nitrogen and oxygen atoms in total. The maximum atomic E-state index is 13.0. The minimum Gasteiger partial charge on any atom is -0.390 e. The van der Waals surface area contributed by atoms with Crippen molar-refractivity contribution < 1.29 is 14.2 Å². The Morgan fingerprint density at radius 1 is 1.35 bits per heavy atom. The molecule has 96 valence electrons. The van der Waals surface area contributed by atoms with E-state index in [4.69, 9.17) is 4.74 Å². The molecule has 17 heavy (non-hydrogen) atoms. The van der Waals surface area contributed by atoms with Crippen LogP contribution >= 0.6 is 0 Å². The van der Waals surface area contributed by atoms with E-state index in [1.165, 1.54) is 12.1 Å². The first-order valence-corrected chi connectivity index (χ1v) is 5.91. The van der Waals surface area contributed by atoms with Crippen LogP contribution in [0.3, 0.4) is 0 Å². The number of methoxy groups -OCH3 is 1. The lowest BCUT2D eigenvalue weighted by atomic mass is 9.94. The second-order valence-electron chi connectivity index (χ2n) is 4.79. The fraction of sp³-hybridized carbons (Fsp3) is 0.571. The topological polar surface area (TPSA) is 29.5 Å². The van der Waals surface area contributed by atoms with Gasteiger partial charge in [0.2, 0.25) is 0 Å². The van der Waals surface area contributed by atoms with Gasteiger partial charge in [-0.3, -0.25) is 0 Å². The molecule has 0 heterocycles. The highest BCUT2D eigenvalue weighted by Gasteiger charge is 2.22. The lowest BCUT2D eigenvalue weighted by molar-refractivity contribution is -0.0368. The molecule has 2 atom stereocenters. The van der Waals surface area contributed by atoms with Crippen molar-refractivity contribution in [2.24, 2.45) is 5.92 Å². The molecular formula is C14H21FO2. The summed E-state index contributed by atoms with van der Waals surface area (Å²) in [5, 5.41) is 10.1. The fourth-order valence-electron chi connectivity index (χ4n) is 2.10. The van der Waals surface area contributed by atoms with Gasteiger partial charge in [0.15, 0.2) is 0 Å². The molecular weight excluding hydrogens is 219 g/mol. The molecule has 0 spiro atoms. The van der Waals surface area contributed by atoms with Crippen molar-refractivity contribution in [1.29, 1.82) is 0 Å². The number of aliphatic hydroxyl groups excluding tert-OH is 1. The second kappa shape index (κ2) is 6.12. The van der Waals surface area contributed by atoms with Crippen LogP contribution in [0.5, 0.6) is 0 Å². The fourth-order valence-corrected chi connectivity index (χ4v) is 2.10. The second-order valence-corrected chi connectivity index (χ2v) is 4.79. The number of aliphatic hydroxyl groups is 1. The van der Waals surface area contributed by atoms with Crippen molar-refractivity contribution in [2.75, 3.05) is 7.11 Å². The van der Waals surface area contributed by atoms with Gasteiger partial charge in [-0.15, -0.1) is 0 Å². The lowest BCUT2D eigenvalue weighted by Gasteiger charge is -2.25. The molecule has 0 aliphatic carbocycles. The van der Waals surface area contributed by atoms with Crippen molar-refractivity contribution in [1.82, 2.24) is 0 Å². The average molecular weight is 240 g/mol. The summed E-state index contributed by atoms with van der Waals surface area (Å²) in [6.45, 7) is 5.87. The van der Waals surface area contributed by atoms with Gasteiger partial charge >= 0.3 is 0 Å². The number of hydrogen-bond donors (Lipinski definition) is 1. The molecule has 0 saturated heterocycles. The van der Waals surface area contributed by atoms with E-state index >= 15 is 0 Å². The van der Waals surface area contributed by atoms with Gasteiger partial charge in [0.25, 0.3) is 0 Å². The SMILES string of the molecule is COC(C(C)C)C(O)Cc1ccc(F)cc1C. The van der Waals surface area contributed by atoms with E-state index in [0.29, 0.717) is 6.42 Å². The van der Waals surface area contributed by atoms with Crippen LogP contribution in [0.2, 0.25) is 0 Å². The Kier molecular flexibility index (Phi) is 5.09. The molecule has 1 aromatic rings. The zero-order valence-electron chi connectivity index (χ0n) is 10.9. The minimum absolute atomic E-state index is 0.195. The molecule has 0 aliphatic heterocycles. The Morgan fingerprint density at radius 2 is 2.00 bits per heavy atom. The number of ether oxygens (including phenoxy) is 1. The third-order valence-corrected chi connectivity index (χ3v) is 3.04. The van der Waals surface area contributed by atoms with Crippen LogP contribution < -0.4 is 0 Å². The molecule has 0 aromatic heterocycles. The summed E-state index contributed by atoms with van der Waals surface area (Å²) in [7, 11) is 1.60. The normalized spacial score (nSPS) is 15.0. The highest BCUT2D eigenvalue weighted by molar-refractivity contribution is 5.27. The van der Waals surface area contributed by atoms with Gasteiger partial charge < -0.3 is 9.84 Å². The predicted molar refractivity (Wildman–Crippen MR) is 66.5 cm³/mol. The Hall–Kier alpha value is -0.930.